The Bertz CT molecular complexity index is 928. The third-order valence-electron chi connectivity index (χ3n) is 4.64. The Morgan fingerprint density at radius 2 is 1.96 bits per heavy atom. The fourth-order valence-electron chi connectivity index (χ4n) is 3.07. The third-order valence-corrected chi connectivity index (χ3v) is 4.93. The Kier molecular flexibility index (Phi) is 4.97. The number of hydrogen-bond donors (Lipinski definition) is 2. The van der Waals surface area contributed by atoms with Gasteiger partial charge in [0.05, 0.1) is 16.6 Å². The lowest BCUT2D eigenvalue weighted by molar-refractivity contribution is -0.0627. The number of ketones is 1. The van der Waals surface area contributed by atoms with Crippen LogP contribution in [0.4, 0.5) is 4.39 Å². The molecule has 7 heteroatoms. The summed E-state index contributed by atoms with van der Waals surface area (Å²) in [5, 5.41) is 13.2. The van der Waals surface area contributed by atoms with Gasteiger partial charge in [0.15, 0.2) is 11.6 Å². The standard InChI is InChI=1S/C20H19ClFNO4/c1-10(24)11-7-8-15-13(9-11)17(18(25)20(2,3)27-15)23-19(26)12-5-4-6-14(21)16(12)22/h4-9,17-18,25H,1-3H3,(H,23,26)/t17-,18+/m1/s1. The molecule has 0 saturated carbocycles. The van der Waals surface area contributed by atoms with Crippen LogP contribution in [0.5, 0.6) is 5.75 Å². The zero-order valence-electron chi connectivity index (χ0n) is 15.0. The zero-order chi connectivity index (χ0) is 19.9. The van der Waals surface area contributed by atoms with Crippen molar-refractivity contribution in [2.45, 2.75) is 38.5 Å². The lowest BCUT2D eigenvalue weighted by Gasteiger charge is -2.42. The van der Waals surface area contributed by atoms with Gasteiger partial charge in [0.1, 0.15) is 17.5 Å². The van der Waals surface area contributed by atoms with Crippen molar-refractivity contribution in [3.05, 3.63) is 63.9 Å². The van der Waals surface area contributed by atoms with Crippen molar-refractivity contribution in [3.8, 4) is 5.75 Å². The normalized spacial score (nSPS) is 20.4. The van der Waals surface area contributed by atoms with Crippen LogP contribution in [0.25, 0.3) is 0 Å². The van der Waals surface area contributed by atoms with E-state index in [4.69, 9.17) is 16.3 Å². The molecule has 1 amide bonds. The molecular formula is C20H19ClFNO4. The first-order chi connectivity index (χ1) is 12.6. The second-order valence-electron chi connectivity index (χ2n) is 7.01. The van der Waals surface area contributed by atoms with Crippen LogP contribution in [0, 0.1) is 5.82 Å². The van der Waals surface area contributed by atoms with Crippen LogP contribution in [0.2, 0.25) is 5.02 Å². The van der Waals surface area contributed by atoms with Crippen molar-refractivity contribution in [2.24, 2.45) is 0 Å². The van der Waals surface area contributed by atoms with Gasteiger partial charge >= 0.3 is 0 Å². The van der Waals surface area contributed by atoms with Crippen LogP contribution < -0.4 is 10.1 Å². The molecule has 2 N–H and O–H groups in total. The van der Waals surface area contributed by atoms with Crippen LogP contribution in [0.3, 0.4) is 0 Å². The first-order valence-corrected chi connectivity index (χ1v) is 8.76. The zero-order valence-corrected chi connectivity index (χ0v) is 15.8. The average Bonchev–Trinajstić information content (AvgIpc) is 2.60. The summed E-state index contributed by atoms with van der Waals surface area (Å²) in [6.07, 6.45) is -1.13. The van der Waals surface area contributed by atoms with Gasteiger partial charge in [0.2, 0.25) is 0 Å². The lowest BCUT2D eigenvalue weighted by Crippen LogP contribution is -2.53. The minimum absolute atomic E-state index is 0.164. The maximum absolute atomic E-state index is 14.2. The maximum Gasteiger partial charge on any atom is 0.254 e. The minimum atomic E-state index is -1.13. The van der Waals surface area contributed by atoms with Gasteiger partial charge in [-0.3, -0.25) is 9.59 Å². The van der Waals surface area contributed by atoms with Gasteiger partial charge in [-0.05, 0) is 51.1 Å². The number of benzene rings is 2. The highest BCUT2D eigenvalue weighted by Gasteiger charge is 2.44. The largest absolute Gasteiger partial charge is 0.485 e. The molecule has 1 heterocycles. The number of halogens is 2. The van der Waals surface area contributed by atoms with Gasteiger partial charge in [-0.2, -0.15) is 0 Å². The molecule has 27 heavy (non-hydrogen) atoms. The molecule has 0 unspecified atom stereocenters. The van der Waals surface area contributed by atoms with E-state index in [-0.39, 0.29) is 16.4 Å². The van der Waals surface area contributed by atoms with Crippen LogP contribution in [0.15, 0.2) is 36.4 Å². The number of hydrogen-bond acceptors (Lipinski definition) is 4. The van der Waals surface area contributed by atoms with E-state index in [1.54, 1.807) is 32.0 Å². The molecule has 2 atom stereocenters. The summed E-state index contributed by atoms with van der Waals surface area (Å²) in [5.74, 6) is -1.29. The quantitative estimate of drug-likeness (QED) is 0.782. The highest BCUT2D eigenvalue weighted by Crippen LogP contribution is 2.40. The second-order valence-corrected chi connectivity index (χ2v) is 7.42. The number of rotatable bonds is 3. The molecule has 3 rings (SSSR count). The fraction of sp³-hybridized carbons (Fsp3) is 0.300. The molecule has 1 aliphatic heterocycles. The van der Waals surface area contributed by atoms with Crippen LogP contribution in [-0.4, -0.2) is 28.5 Å². The number of Topliss-reactive ketones (excluding diaryl/α,β-unsaturated/α-hetero) is 1. The van der Waals surface area contributed by atoms with Crippen LogP contribution in [-0.2, 0) is 0 Å². The Labute approximate surface area is 161 Å². The SMILES string of the molecule is CC(=O)c1ccc2c(c1)[C@@H](NC(=O)c1cccc(Cl)c1F)[C@H](O)C(C)(C)O2. The van der Waals surface area contributed by atoms with E-state index in [2.05, 4.69) is 5.32 Å². The van der Waals surface area contributed by atoms with E-state index in [1.807, 2.05) is 0 Å². The minimum Gasteiger partial charge on any atom is -0.485 e. The summed E-state index contributed by atoms with van der Waals surface area (Å²) in [6.45, 7) is 4.78. The predicted molar refractivity (Wildman–Crippen MR) is 98.8 cm³/mol. The van der Waals surface area contributed by atoms with Gasteiger partial charge in [0.25, 0.3) is 5.91 Å². The van der Waals surface area contributed by atoms with Crippen LogP contribution in [0.1, 0.15) is 53.1 Å². The molecule has 0 aromatic heterocycles. The Hall–Kier alpha value is -2.44. The maximum atomic E-state index is 14.2. The Balaban J connectivity index is 2.03. The van der Waals surface area contributed by atoms with Crippen molar-refractivity contribution in [1.29, 1.82) is 0 Å². The number of aliphatic hydroxyl groups excluding tert-OH is 1. The lowest BCUT2D eigenvalue weighted by atomic mass is 9.85. The Morgan fingerprint density at radius 1 is 1.26 bits per heavy atom. The van der Waals surface area contributed by atoms with Crippen molar-refractivity contribution in [3.63, 3.8) is 0 Å². The summed E-state index contributed by atoms with van der Waals surface area (Å²) in [7, 11) is 0. The van der Waals surface area contributed by atoms with E-state index in [0.29, 0.717) is 16.9 Å². The number of nitrogens with one attached hydrogen (secondary N) is 1. The molecule has 1 aliphatic rings. The number of fused-ring (bicyclic) bond motifs is 1. The van der Waals surface area contributed by atoms with Crippen molar-refractivity contribution < 1.29 is 23.8 Å². The van der Waals surface area contributed by atoms with Crippen LogP contribution >= 0.6 is 11.6 Å². The van der Waals surface area contributed by atoms with Crippen molar-refractivity contribution in [2.75, 3.05) is 0 Å². The summed E-state index contributed by atoms with van der Waals surface area (Å²) in [4.78, 5) is 24.4. The van der Waals surface area contributed by atoms with E-state index in [9.17, 15) is 19.1 Å². The summed E-state index contributed by atoms with van der Waals surface area (Å²) < 4.78 is 20.0. The molecule has 0 bridgehead atoms. The van der Waals surface area contributed by atoms with E-state index in [1.165, 1.54) is 25.1 Å². The average molecular weight is 392 g/mol. The molecule has 5 nitrogen and oxygen atoms in total. The highest BCUT2D eigenvalue weighted by atomic mass is 35.5. The molecular weight excluding hydrogens is 373 g/mol. The number of aliphatic hydroxyl groups is 1. The number of ether oxygens (including phenoxy) is 1. The van der Waals surface area contributed by atoms with E-state index >= 15 is 0 Å². The monoisotopic (exact) mass is 391 g/mol. The molecule has 0 aliphatic carbocycles. The van der Waals surface area contributed by atoms with Gasteiger partial charge < -0.3 is 15.2 Å². The van der Waals surface area contributed by atoms with E-state index < -0.39 is 29.5 Å². The third kappa shape index (κ3) is 3.55. The summed E-state index contributed by atoms with van der Waals surface area (Å²) in [5.41, 5.74) is -0.374. The van der Waals surface area contributed by atoms with Gasteiger partial charge in [-0.15, -0.1) is 0 Å². The smallest absolute Gasteiger partial charge is 0.254 e. The number of carbonyl (C=O) groups is 2. The first kappa shape index (κ1) is 19.3. The number of carbonyl (C=O) groups excluding carboxylic acids is 2. The Morgan fingerprint density at radius 3 is 2.63 bits per heavy atom. The van der Waals surface area contributed by atoms with E-state index in [0.717, 1.165) is 0 Å². The molecule has 0 fully saturated rings. The topological polar surface area (TPSA) is 75.6 Å². The highest BCUT2D eigenvalue weighted by molar-refractivity contribution is 6.31. The molecule has 0 saturated heterocycles. The first-order valence-electron chi connectivity index (χ1n) is 8.38. The molecule has 0 radical (unpaired) electrons. The fourth-order valence-corrected chi connectivity index (χ4v) is 3.25. The molecule has 2 aromatic rings. The van der Waals surface area contributed by atoms with Gasteiger partial charge in [0, 0.05) is 11.1 Å². The van der Waals surface area contributed by atoms with Crippen molar-refractivity contribution >= 4 is 23.3 Å². The predicted octanol–water partition coefficient (Wildman–Crippen LogP) is 3.68. The molecule has 2 aromatic carbocycles. The van der Waals surface area contributed by atoms with Crippen molar-refractivity contribution in [1.82, 2.24) is 5.32 Å². The molecule has 0 spiro atoms. The van der Waals surface area contributed by atoms with Gasteiger partial charge in [-0.25, -0.2) is 4.39 Å². The summed E-state index contributed by atoms with van der Waals surface area (Å²) in [6, 6.07) is 8.02. The second kappa shape index (κ2) is 6.94. The summed E-state index contributed by atoms with van der Waals surface area (Å²) >= 11 is 5.75. The number of amides is 1. The van der Waals surface area contributed by atoms with Gasteiger partial charge in [-0.1, -0.05) is 17.7 Å². The molecule has 142 valence electrons.